The number of hydrogen-bond donors (Lipinski definition) is 4. The van der Waals surface area contributed by atoms with Crippen molar-refractivity contribution in [3.05, 3.63) is 53.3 Å². The van der Waals surface area contributed by atoms with Crippen LogP contribution in [0.2, 0.25) is 0 Å². The van der Waals surface area contributed by atoms with Gasteiger partial charge >= 0.3 is 0 Å². The number of carbonyl (C=O) groups is 3. The lowest BCUT2D eigenvalue weighted by Crippen LogP contribution is -2.49. The molecule has 0 radical (unpaired) electrons. The molecular weight excluding hydrogens is 372 g/mol. The summed E-state index contributed by atoms with van der Waals surface area (Å²) < 4.78 is 0. The molecule has 1 aromatic carbocycles. The summed E-state index contributed by atoms with van der Waals surface area (Å²) in [5.74, 6) is -1.01. The van der Waals surface area contributed by atoms with Crippen LogP contribution in [-0.4, -0.2) is 51.9 Å². The van der Waals surface area contributed by atoms with Crippen LogP contribution in [-0.2, 0) is 11.3 Å². The second-order valence-electron chi connectivity index (χ2n) is 7.18. The molecule has 8 heteroatoms. The molecule has 8 nitrogen and oxygen atoms in total. The summed E-state index contributed by atoms with van der Waals surface area (Å²) in [4.78, 5) is 42.8. The largest absolute Gasteiger partial charge is 0.395 e. The van der Waals surface area contributed by atoms with Crippen molar-refractivity contribution in [1.82, 2.24) is 15.2 Å². The number of H-pyrrole nitrogens is 1. The molecule has 2 heterocycles. The zero-order valence-electron chi connectivity index (χ0n) is 16.6. The number of carbonyl (C=O) groups excluding carboxylic acids is 3. The minimum atomic E-state index is -0.630. The Kier molecular flexibility index (Phi) is 6.33. The van der Waals surface area contributed by atoms with E-state index in [1.165, 1.54) is 6.07 Å². The molecule has 2 unspecified atom stereocenters. The van der Waals surface area contributed by atoms with Crippen LogP contribution >= 0.6 is 0 Å². The van der Waals surface area contributed by atoms with Gasteiger partial charge in [0.1, 0.15) is 17.4 Å². The summed E-state index contributed by atoms with van der Waals surface area (Å²) in [7, 11) is 0. The number of aromatic amines is 1. The summed E-state index contributed by atoms with van der Waals surface area (Å²) in [5, 5.41) is 14.3. The highest BCUT2D eigenvalue weighted by atomic mass is 16.3. The Hall–Kier alpha value is -3.13. The number of amides is 3. The van der Waals surface area contributed by atoms with E-state index in [0.29, 0.717) is 5.69 Å². The van der Waals surface area contributed by atoms with Gasteiger partial charge in [0.05, 0.1) is 6.61 Å². The first-order valence-electron chi connectivity index (χ1n) is 9.74. The summed E-state index contributed by atoms with van der Waals surface area (Å²) >= 11 is 0. The predicted octanol–water partition coefficient (Wildman–Crippen LogP) is 1.75. The first kappa shape index (κ1) is 20.6. The summed E-state index contributed by atoms with van der Waals surface area (Å²) in [6.07, 6.45) is 0.734. The predicted molar refractivity (Wildman–Crippen MR) is 108 cm³/mol. The number of aliphatic hydroxyl groups excluding tert-OH is 1. The molecule has 0 saturated heterocycles. The number of anilines is 1. The van der Waals surface area contributed by atoms with E-state index in [-0.39, 0.29) is 48.8 Å². The molecule has 1 aromatic heterocycles. The Balaban J connectivity index is 1.92. The third-order valence-electron chi connectivity index (χ3n) is 5.22. The second kappa shape index (κ2) is 8.91. The quantitative estimate of drug-likeness (QED) is 0.593. The Morgan fingerprint density at radius 3 is 2.69 bits per heavy atom. The third-order valence-corrected chi connectivity index (χ3v) is 5.22. The van der Waals surface area contributed by atoms with Crippen LogP contribution in [0.15, 0.2) is 36.4 Å². The van der Waals surface area contributed by atoms with Gasteiger partial charge in [-0.2, -0.15) is 0 Å². The number of para-hydroxylation sites is 1. The maximum Gasteiger partial charge on any atom is 0.271 e. The van der Waals surface area contributed by atoms with Crippen molar-refractivity contribution in [2.75, 3.05) is 18.5 Å². The third kappa shape index (κ3) is 4.32. The normalized spacial score (nSPS) is 17.1. The van der Waals surface area contributed by atoms with E-state index in [1.807, 2.05) is 38.1 Å². The van der Waals surface area contributed by atoms with Gasteiger partial charge in [0.25, 0.3) is 11.8 Å². The van der Waals surface area contributed by atoms with Crippen molar-refractivity contribution in [1.29, 1.82) is 0 Å². The highest BCUT2D eigenvalue weighted by Crippen LogP contribution is 2.28. The van der Waals surface area contributed by atoms with Crippen molar-refractivity contribution in [2.45, 2.75) is 32.9 Å². The Morgan fingerprint density at radius 2 is 1.97 bits per heavy atom. The minimum absolute atomic E-state index is 0.0458. The molecule has 0 spiro atoms. The topological polar surface area (TPSA) is 115 Å². The average Bonchev–Trinajstić information content (AvgIpc) is 3.16. The van der Waals surface area contributed by atoms with Crippen LogP contribution in [0, 0.1) is 5.92 Å². The van der Waals surface area contributed by atoms with Crippen molar-refractivity contribution >= 4 is 23.4 Å². The van der Waals surface area contributed by atoms with Crippen molar-refractivity contribution in [3.63, 3.8) is 0 Å². The first-order chi connectivity index (χ1) is 14.0. The van der Waals surface area contributed by atoms with Gasteiger partial charge < -0.3 is 25.6 Å². The van der Waals surface area contributed by atoms with Crippen molar-refractivity contribution < 1.29 is 19.5 Å². The number of nitrogens with zero attached hydrogens (tertiary/aromatic N) is 1. The molecule has 0 saturated carbocycles. The fraction of sp³-hybridized carbons (Fsp3) is 0.381. The van der Waals surface area contributed by atoms with Gasteiger partial charge in [0, 0.05) is 18.8 Å². The van der Waals surface area contributed by atoms with Crippen LogP contribution in [0.5, 0.6) is 0 Å². The molecule has 2 aromatic rings. The van der Waals surface area contributed by atoms with Gasteiger partial charge in [-0.25, -0.2) is 0 Å². The number of aromatic nitrogens is 1. The first-order valence-corrected chi connectivity index (χ1v) is 9.74. The number of hydrogen-bond acceptors (Lipinski definition) is 4. The molecule has 0 aliphatic carbocycles. The van der Waals surface area contributed by atoms with Gasteiger partial charge in [-0.15, -0.1) is 0 Å². The van der Waals surface area contributed by atoms with Gasteiger partial charge in [0.2, 0.25) is 5.91 Å². The molecule has 154 valence electrons. The Bertz CT molecular complexity index is 908. The fourth-order valence-corrected chi connectivity index (χ4v) is 3.47. The average molecular weight is 398 g/mol. The number of nitrogens with one attached hydrogen (secondary N) is 3. The van der Waals surface area contributed by atoms with Crippen LogP contribution in [0.1, 0.15) is 46.8 Å². The summed E-state index contributed by atoms with van der Waals surface area (Å²) in [6.45, 7) is 4.17. The summed E-state index contributed by atoms with van der Waals surface area (Å²) in [6, 6.07) is 9.86. The smallest absolute Gasteiger partial charge is 0.271 e. The monoisotopic (exact) mass is 398 g/mol. The zero-order chi connectivity index (χ0) is 21.0. The number of aliphatic hydroxyl groups is 1. The number of rotatable bonds is 6. The van der Waals surface area contributed by atoms with Crippen molar-refractivity contribution in [2.24, 2.45) is 5.92 Å². The standard InChI is InChI=1S/C21H26N4O4/c1-3-13(2)18-20(28)24-15-7-5-4-6-14(15)12-25(18)21(29)17-9-8-16(23-17)19(27)22-10-11-26/h4-9,13,18,23,26H,3,10-12H2,1-2H3,(H,22,27)(H,24,28). The zero-order valence-corrected chi connectivity index (χ0v) is 16.6. The van der Waals surface area contributed by atoms with Gasteiger partial charge in [-0.05, 0) is 29.7 Å². The maximum absolute atomic E-state index is 13.3. The van der Waals surface area contributed by atoms with Crippen molar-refractivity contribution in [3.8, 4) is 0 Å². The van der Waals surface area contributed by atoms with E-state index >= 15 is 0 Å². The lowest BCUT2D eigenvalue weighted by molar-refractivity contribution is -0.122. The molecule has 1 aliphatic rings. The van der Waals surface area contributed by atoms with E-state index in [2.05, 4.69) is 15.6 Å². The molecule has 29 heavy (non-hydrogen) atoms. The van der Waals surface area contributed by atoms with Crippen LogP contribution in [0.3, 0.4) is 0 Å². The number of fused-ring (bicyclic) bond motifs is 1. The van der Waals surface area contributed by atoms with E-state index in [9.17, 15) is 14.4 Å². The lowest BCUT2D eigenvalue weighted by atomic mass is 9.96. The van der Waals surface area contributed by atoms with Gasteiger partial charge in [-0.3, -0.25) is 14.4 Å². The molecule has 3 rings (SSSR count). The SMILES string of the molecule is CCC(C)C1C(=O)Nc2ccccc2CN1C(=O)c1ccc(C(=O)NCCO)[nH]1. The molecule has 1 aliphatic heterocycles. The Labute approximate surface area is 169 Å². The van der Waals surface area contributed by atoms with Crippen LogP contribution in [0.25, 0.3) is 0 Å². The van der Waals surface area contributed by atoms with E-state index in [1.54, 1.807) is 11.0 Å². The van der Waals surface area contributed by atoms with E-state index < -0.39 is 11.9 Å². The lowest BCUT2D eigenvalue weighted by Gasteiger charge is -2.32. The highest BCUT2D eigenvalue weighted by Gasteiger charge is 2.37. The molecule has 4 N–H and O–H groups in total. The van der Waals surface area contributed by atoms with Crippen LogP contribution in [0.4, 0.5) is 5.69 Å². The molecule has 2 atom stereocenters. The highest BCUT2D eigenvalue weighted by molar-refractivity contribution is 6.03. The molecular formula is C21H26N4O4. The second-order valence-corrected chi connectivity index (χ2v) is 7.18. The van der Waals surface area contributed by atoms with Gasteiger partial charge in [0.15, 0.2) is 0 Å². The molecule has 3 amide bonds. The summed E-state index contributed by atoms with van der Waals surface area (Å²) in [5.41, 5.74) is 2.02. The number of benzene rings is 1. The Morgan fingerprint density at radius 1 is 1.24 bits per heavy atom. The maximum atomic E-state index is 13.3. The minimum Gasteiger partial charge on any atom is -0.395 e. The fourth-order valence-electron chi connectivity index (χ4n) is 3.47. The van der Waals surface area contributed by atoms with Gasteiger partial charge in [-0.1, -0.05) is 38.5 Å². The van der Waals surface area contributed by atoms with E-state index in [0.717, 1.165) is 12.0 Å². The molecule has 0 bridgehead atoms. The van der Waals surface area contributed by atoms with E-state index in [4.69, 9.17) is 5.11 Å². The van der Waals surface area contributed by atoms with Crippen LogP contribution < -0.4 is 10.6 Å². The molecule has 0 fully saturated rings.